The van der Waals surface area contributed by atoms with Crippen LogP contribution in [0.1, 0.15) is 41.0 Å². The number of urea groups is 1. The molecule has 0 radical (unpaired) electrons. The molecule has 0 aliphatic carbocycles. The van der Waals surface area contributed by atoms with Crippen LogP contribution in [0.5, 0.6) is 0 Å². The van der Waals surface area contributed by atoms with Gasteiger partial charge < -0.3 is 15.1 Å². The molecule has 6 heteroatoms. The molecule has 1 N–H and O–H groups in total. The Morgan fingerprint density at radius 2 is 1.64 bits per heavy atom. The van der Waals surface area contributed by atoms with Crippen LogP contribution in [0.4, 0.5) is 10.5 Å². The van der Waals surface area contributed by atoms with Gasteiger partial charge >= 0.3 is 6.03 Å². The predicted octanol–water partition coefficient (Wildman–Crippen LogP) is 6.14. The van der Waals surface area contributed by atoms with Crippen molar-refractivity contribution < 1.29 is 9.59 Å². The van der Waals surface area contributed by atoms with E-state index in [0.29, 0.717) is 13.1 Å². The van der Waals surface area contributed by atoms with Gasteiger partial charge in [-0.1, -0.05) is 42.5 Å². The van der Waals surface area contributed by atoms with E-state index in [0.717, 1.165) is 27.3 Å². The van der Waals surface area contributed by atoms with E-state index in [1.165, 1.54) is 5.56 Å². The second-order valence-electron chi connectivity index (χ2n) is 8.66. The highest BCUT2D eigenvalue weighted by Crippen LogP contribution is 2.21. The molecule has 0 atom stereocenters. The number of hydrogen-bond donors (Lipinski definition) is 1. The van der Waals surface area contributed by atoms with Crippen molar-refractivity contribution in [2.75, 3.05) is 11.9 Å². The molecule has 0 spiro atoms. The van der Waals surface area contributed by atoms with Crippen LogP contribution in [0, 0.1) is 20.8 Å². The van der Waals surface area contributed by atoms with Crippen molar-refractivity contribution in [3.8, 4) is 0 Å². The minimum atomic E-state index is -0.265. The average Bonchev–Trinajstić information content (AvgIpc) is 3.19. The highest BCUT2D eigenvalue weighted by atomic mass is 32.1. The quantitative estimate of drug-likeness (QED) is 0.436. The number of carbonyl (C=O) groups excluding carboxylic acids is 2. The van der Waals surface area contributed by atoms with Gasteiger partial charge in [-0.15, -0.1) is 11.3 Å². The van der Waals surface area contributed by atoms with E-state index in [4.69, 9.17) is 0 Å². The van der Waals surface area contributed by atoms with Crippen molar-refractivity contribution in [2.24, 2.45) is 0 Å². The van der Waals surface area contributed by atoms with Crippen molar-refractivity contribution in [1.82, 2.24) is 9.80 Å². The molecule has 1 heterocycles. The normalized spacial score (nSPS) is 10.8. The van der Waals surface area contributed by atoms with Gasteiger partial charge in [-0.2, -0.15) is 0 Å². The molecular weight excluding hydrogens is 430 g/mol. The number of hydrogen-bond acceptors (Lipinski definition) is 3. The summed E-state index contributed by atoms with van der Waals surface area (Å²) in [7, 11) is 0. The lowest BCUT2D eigenvalue weighted by molar-refractivity contribution is -0.133. The van der Waals surface area contributed by atoms with Crippen molar-refractivity contribution in [1.29, 1.82) is 0 Å². The molecule has 174 valence electrons. The van der Waals surface area contributed by atoms with Gasteiger partial charge in [-0.25, -0.2) is 4.79 Å². The summed E-state index contributed by atoms with van der Waals surface area (Å²) in [6, 6.07) is 17.5. The van der Waals surface area contributed by atoms with E-state index in [-0.39, 0.29) is 24.5 Å². The number of carbonyl (C=O) groups is 2. The molecule has 0 saturated carbocycles. The SMILES string of the molecule is Cc1ccsc1CN(Cc1ccccc1)C(=O)CN(C(=O)Nc1cccc(C)c1C)C(C)C. The zero-order valence-electron chi connectivity index (χ0n) is 20.1. The summed E-state index contributed by atoms with van der Waals surface area (Å²) in [4.78, 5) is 31.2. The Bertz CT molecular complexity index is 1090. The first-order valence-corrected chi connectivity index (χ1v) is 12.1. The van der Waals surface area contributed by atoms with Gasteiger partial charge in [0.15, 0.2) is 0 Å². The summed E-state index contributed by atoms with van der Waals surface area (Å²) in [5.74, 6) is -0.0727. The zero-order valence-corrected chi connectivity index (χ0v) is 20.9. The molecule has 33 heavy (non-hydrogen) atoms. The maximum absolute atomic E-state index is 13.5. The minimum absolute atomic E-state index is 0.0195. The van der Waals surface area contributed by atoms with Crippen LogP contribution < -0.4 is 5.32 Å². The number of amides is 3. The van der Waals surface area contributed by atoms with Gasteiger partial charge in [-0.3, -0.25) is 4.79 Å². The zero-order chi connectivity index (χ0) is 24.0. The molecule has 2 aromatic carbocycles. The standard InChI is InChI=1S/C27H33N3O2S/c1-19(2)30(27(32)28-24-13-9-10-20(3)22(24)5)18-26(31)29(16-23-11-7-6-8-12-23)17-25-21(4)14-15-33-25/h6-15,19H,16-18H2,1-5H3,(H,28,32). The molecule has 5 nitrogen and oxygen atoms in total. The van der Waals surface area contributed by atoms with E-state index in [9.17, 15) is 9.59 Å². The van der Waals surface area contributed by atoms with E-state index >= 15 is 0 Å². The first-order valence-electron chi connectivity index (χ1n) is 11.2. The average molecular weight is 464 g/mol. The Morgan fingerprint density at radius 1 is 0.909 bits per heavy atom. The number of nitrogens with one attached hydrogen (secondary N) is 1. The Labute approximate surface area is 201 Å². The minimum Gasteiger partial charge on any atom is -0.332 e. The van der Waals surface area contributed by atoms with Gasteiger partial charge in [0.1, 0.15) is 6.54 Å². The molecule has 0 saturated heterocycles. The second kappa shape index (κ2) is 11.1. The van der Waals surface area contributed by atoms with Crippen LogP contribution in [0.3, 0.4) is 0 Å². The van der Waals surface area contributed by atoms with E-state index in [1.807, 2.05) is 86.5 Å². The number of aryl methyl sites for hydroxylation is 2. The van der Waals surface area contributed by atoms with Gasteiger partial charge in [0.05, 0.1) is 6.54 Å². The fourth-order valence-corrected chi connectivity index (χ4v) is 4.50. The highest BCUT2D eigenvalue weighted by Gasteiger charge is 2.25. The lowest BCUT2D eigenvalue weighted by Crippen LogP contribution is -2.47. The van der Waals surface area contributed by atoms with E-state index < -0.39 is 0 Å². The largest absolute Gasteiger partial charge is 0.332 e. The third kappa shape index (κ3) is 6.45. The number of thiophene rings is 1. The maximum Gasteiger partial charge on any atom is 0.322 e. The van der Waals surface area contributed by atoms with Crippen molar-refractivity contribution in [3.63, 3.8) is 0 Å². The molecule has 3 aromatic rings. The lowest BCUT2D eigenvalue weighted by atomic mass is 10.1. The molecule has 0 fully saturated rings. The van der Waals surface area contributed by atoms with Crippen LogP contribution in [0.15, 0.2) is 60.0 Å². The first kappa shape index (κ1) is 24.5. The molecule has 0 aliphatic heterocycles. The monoisotopic (exact) mass is 463 g/mol. The summed E-state index contributed by atoms with van der Waals surface area (Å²) in [5, 5.41) is 5.05. The lowest BCUT2D eigenvalue weighted by Gasteiger charge is -2.30. The topological polar surface area (TPSA) is 52.7 Å². The highest BCUT2D eigenvalue weighted by molar-refractivity contribution is 7.10. The van der Waals surface area contributed by atoms with E-state index in [2.05, 4.69) is 18.3 Å². The Kier molecular flexibility index (Phi) is 8.28. The van der Waals surface area contributed by atoms with Gasteiger partial charge in [0.2, 0.25) is 5.91 Å². The molecular formula is C27H33N3O2S. The molecule has 3 rings (SSSR count). The van der Waals surface area contributed by atoms with Crippen molar-refractivity contribution in [3.05, 3.63) is 87.1 Å². The first-order chi connectivity index (χ1) is 15.8. The van der Waals surface area contributed by atoms with Crippen LogP contribution in [-0.2, 0) is 17.9 Å². The van der Waals surface area contributed by atoms with Gasteiger partial charge in [-0.05, 0) is 74.4 Å². The predicted molar refractivity (Wildman–Crippen MR) is 137 cm³/mol. The summed E-state index contributed by atoms with van der Waals surface area (Å²) in [5.41, 5.74) is 5.16. The van der Waals surface area contributed by atoms with Crippen LogP contribution in [-0.4, -0.2) is 34.3 Å². The van der Waals surface area contributed by atoms with Gasteiger partial charge in [0.25, 0.3) is 0 Å². The van der Waals surface area contributed by atoms with Crippen molar-refractivity contribution >= 4 is 29.0 Å². The molecule has 0 aliphatic rings. The van der Waals surface area contributed by atoms with Crippen LogP contribution in [0.25, 0.3) is 0 Å². The van der Waals surface area contributed by atoms with Crippen LogP contribution in [0.2, 0.25) is 0 Å². The molecule has 0 bridgehead atoms. The third-order valence-corrected chi connectivity index (χ3v) is 6.92. The smallest absolute Gasteiger partial charge is 0.322 e. The fourth-order valence-electron chi connectivity index (χ4n) is 3.58. The Morgan fingerprint density at radius 3 is 2.27 bits per heavy atom. The molecule has 0 unspecified atom stereocenters. The summed E-state index contributed by atoms with van der Waals surface area (Å²) in [6.45, 7) is 11.0. The number of nitrogens with zero attached hydrogens (tertiary/aromatic N) is 2. The Balaban J connectivity index is 1.78. The second-order valence-corrected chi connectivity index (χ2v) is 9.66. The van der Waals surface area contributed by atoms with Crippen LogP contribution >= 0.6 is 11.3 Å². The summed E-state index contributed by atoms with van der Waals surface area (Å²) >= 11 is 1.66. The van der Waals surface area contributed by atoms with Crippen molar-refractivity contribution in [2.45, 2.75) is 53.8 Å². The summed E-state index contributed by atoms with van der Waals surface area (Å²) < 4.78 is 0. The fraction of sp³-hybridized carbons (Fsp3) is 0.333. The number of rotatable bonds is 8. The molecule has 3 amide bonds. The number of benzene rings is 2. The maximum atomic E-state index is 13.5. The number of anilines is 1. The summed E-state index contributed by atoms with van der Waals surface area (Å²) in [6.07, 6.45) is 0. The Hall–Kier alpha value is -3.12. The van der Waals surface area contributed by atoms with Gasteiger partial charge in [0, 0.05) is 23.2 Å². The molecule has 1 aromatic heterocycles. The third-order valence-electron chi connectivity index (χ3n) is 5.91. The van der Waals surface area contributed by atoms with E-state index in [1.54, 1.807) is 16.2 Å².